The van der Waals surface area contributed by atoms with E-state index in [9.17, 15) is 0 Å². The Morgan fingerprint density at radius 3 is 1.93 bits per heavy atom. The molecular formula is C35H22N6. The topological polar surface area (TPSA) is 68.9 Å². The minimum absolute atomic E-state index is 0.884. The van der Waals surface area contributed by atoms with E-state index in [1.165, 1.54) is 0 Å². The number of fused-ring (bicyclic) bond motifs is 5. The molecular weight excluding hydrogens is 504 g/mol. The fourth-order valence-corrected chi connectivity index (χ4v) is 5.44. The van der Waals surface area contributed by atoms with Gasteiger partial charge in [0, 0.05) is 53.1 Å². The molecule has 0 atom stereocenters. The van der Waals surface area contributed by atoms with E-state index < -0.39 is 0 Å². The van der Waals surface area contributed by atoms with Crippen molar-refractivity contribution in [2.75, 3.05) is 0 Å². The van der Waals surface area contributed by atoms with Crippen LogP contribution in [0.1, 0.15) is 0 Å². The summed E-state index contributed by atoms with van der Waals surface area (Å²) >= 11 is 0. The zero-order chi connectivity index (χ0) is 27.2. The molecule has 8 aromatic rings. The molecule has 6 nitrogen and oxygen atoms in total. The number of para-hydroxylation sites is 1. The summed E-state index contributed by atoms with van der Waals surface area (Å²) in [5.74, 6) is 0. The van der Waals surface area contributed by atoms with Crippen LogP contribution < -0.4 is 0 Å². The molecule has 6 heteroatoms. The van der Waals surface area contributed by atoms with Crippen molar-refractivity contribution >= 4 is 27.6 Å². The number of benzene rings is 2. The second kappa shape index (κ2) is 9.47. The van der Waals surface area contributed by atoms with Gasteiger partial charge in [-0.3, -0.25) is 14.4 Å². The van der Waals surface area contributed by atoms with Crippen LogP contribution in [-0.2, 0) is 0 Å². The van der Waals surface area contributed by atoms with Gasteiger partial charge in [-0.2, -0.15) is 0 Å². The van der Waals surface area contributed by atoms with Gasteiger partial charge in [-0.05, 0) is 71.8 Å². The molecule has 0 aliphatic heterocycles. The highest BCUT2D eigenvalue weighted by molar-refractivity contribution is 6.09. The van der Waals surface area contributed by atoms with Crippen LogP contribution >= 0.6 is 0 Å². The van der Waals surface area contributed by atoms with Crippen molar-refractivity contribution in [3.05, 3.63) is 134 Å². The van der Waals surface area contributed by atoms with Crippen molar-refractivity contribution < 1.29 is 0 Å². The van der Waals surface area contributed by atoms with Crippen LogP contribution in [0.4, 0.5) is 0 Å². The number of hydrogen-bond acceptors (Lipinski definition) is 5. The first-order chi connectivity index (χ1) is 20.3. The molecule has 41 heavy (non-hydrogen) atoms. The standard InChI is InChI=1S/C35H22N6/c1-2-9-29-28(8-1)34-35(41-19-4-3-10-32(41)40-34)33(39-29)26-7-5-6-25(20-26)27-21-30(23-11-15-36-16-12-23)38-31(22-27)24-13-17-37-18-14-24/h1-22H. The Morgan fingerprint density at radius 2 is 1.17 bits per heavy atom. The highest BCUT2D eigenvalue weighted by Gasteiger charge is 2.17. The molecule has 8 rings (SSSR count). The monoisotopic (exact) mass is 526 g/mol. The fraction of sp³-hybridized carbons (Fsp3) is 0. The largest absolute Gasteiger partial charge is 0.298 e. The first-order valence-corrected chi connectivity index (χ1v) is 13.4. The molecule has 2 aromatic carbocycles. The minimum atomic E-state index is 0.884. The van der Waals surface area contributed by atoms with E-state index in [1.807, 2.05) is 54.6 Å². The predicted octanol–water partition coefficient (Wildman–Crippen LogP) is 7.89. The maximum Gasteiger partial charge on any atom is 0.137 e. The summed E-state index contributed by atoms with van der Waals surface area (Å²) in [4.78, 5) is 23.6. The number of pyridine rings is 5. The van der Waals surface area contributed by atoms with Crippen LogP contribution in [0.15, 0.2) is 134 Å². The SMILES string of the molecule is c1cc(-c2cc(-c3ccncc3)nc(-c3ccncc3)c2)cc(-c2nc3ccccc3c3nc4ccccn4c23)c1. The minimum Gasteiger partial charge on any atom is -0.298 e. The Morgan fingerprint density at radius 1 is 0.488 bits per heavy atom. The molecule has 0 amide bonds. The average Bonchev–Trinajstić information content (AvgIpc) is 3.45. The van der Waals surface area contributed by atoms with Gasteiger partial charge in [0.2, 0.25) is 0 Å². The third-order valence-corrected chi connectivity index (χ3v) is 7.39. The van der Waals surface area contributed by atoms with Gasteiger partial charge in [0.25, 0.3) is 0 Å². The lowest BCUT2D eigenvalue weighted by molar-refractivity contribution is 1.22. The Bertz CT molecular complexity index is 2150. The van der Waals surface area contributed by atoms with Gasteiger partial charge in [-0.1, -0.05) is 42.5 Å². The number of nitrogens with zero attached hydrogens (tertiary/aromatic N) is 6. The molecule has 6 heterocycles. The lowest BCUT2D eigenvalue weighted by Gasteiger charge is -2.12. The van der Waals surface area contributed by atoms with Gasteiger partial charge in [0.05, 0.1) is 28.1 Å². The van der Waals surface area contributed by atoms with Crippen LogP contribution in [0.25, 0.3) is 72.5 Å². The van der Waals surface area contributed by atoms with Gasteiger partial charge < -0.3 is 0 Å². The van der Waals surface area contributed by atoms with Gasteiger partial charge in [-0.15, -0.1) is 0 Å². The lowest BCUT2D eigenvalue weighted by atomic mass is 9.97. The second-order valence-corrected chi connectivity index (χ2v) is 9.89. The molecule has 0 unspecified atom stereocenters. The molecule has 0 radical (unpaired) electrons. The smallest absolute Gasteiger partial charge is 0.137 e. The van der Waals surface area contributed by atoms with E-state index in [4.69, 9.17) is 15.0 Å². The molecule has 0 N–H and O–H groups in total. The third-order valence-electron chi connectivity index (χ3n) is 7.39. The van der Waals surface area contributed by atoms with Crippen LogP contribution in [-0.4, -0.2) is 29.3 Å². The van der Waals surface area contributed by atoms with E-state index in [0.717, 1.165) is 72.5 Å². The number of hydrogen-bond donors (Lipinski definition) is 0. The fourth-order valence-electron chi connectivity index (χ4n) is 5.44. The van der Waals surface area contributed by atoms with Crippen molar-refractivity contribution in [3.63, 3.8) is 0 Å². The highest BCUT2D eigenvalue weighted by Crippen LogP contribution is 2.36. The Hall–Kier alpha value is -5.75. The summed E-state index contributed by atoms with van der Waals surface area (Å²) in [5.41, 5.74) is 11.6. The summed E-state index contributed by atoms with van der Waals surface area (Å²) in [6.45, 7) is 0. The van der Waals surface area contributed by atoms with Crippen LogP contribution in [0.3, 0.4) is 0 Å². The quantitative estimate of drug-likeness (QED) is 0.233. The van der Waals surface area contributed by atoms with Gasteiger partial charge in [0.15, 0.2) is 0 Å². The zero-order valence-electron chi connectivity index (χ0n) is 21.9. The van der Waals surface area contributed by atoms with Crippen molar-refractivity contribution in [1.29, 1.82) is 0 Å². The number of aromatic nitrogens is 6. The molecule has 0 fully saturated rings. The molecule has 0 saturated carbocycles. The molecule has 0 saturated heterocycles. The normalized spacial score (nSPS) is 11.4. The van der Waals surface area contributed by atoms with Gasteiger partial charge >= 0.3 is 0 Å². The summed E-state index contributed by atoms with van der Waals surface area (Å²) in [5, 5.41) is 1.05. The zero-order valence-corrected chi connectivity index (χ0v) is 21.9. The molecule has 0 bridgehead atoms. The van der Waals surface area contributed by atoms with E-state index in [1.54, 1.807) is 24.8 Å². The van der Waals surface area contributed by atoms with Gasteiger partial charge in [0.1, 0.15) is 11.2 Å². The Kier molecular flexibility index (Phi) is 5.35. The Labute approximate surface area is 235 Å². The van der Waals surface area contributed by atoms with E-state index >= 15 is 0 Å². The first-order valence-electron chi connectivity index (χ1n) is 13.4. The van der Waals surface area contributed by atoms with Crippen molar-refractivity contribution in [3.8, 4) is 44.9 Å². The van der Waals surface area contributed by atoms with Crippen LogP contribution in [0.5, 0.6) is 0 Å². The Balaban J connectivity index is 1.36. The van der Waals surface area contributed by atoms with Crippen molar-refractivity contribution in [1.82, 2.24) is 29.3 Å². The molecule has 6 aromatic heterocycles. The second-order valence-electron chi connectivity index (χ2n) is 9.89. The summed E-state index contributed by atoms with van der Waals surface area (Å²) in [6.07, 6.45) is 9.23. The number of imidazole rings is 1. The third kappa shape index (κ3) is 4.01. The summed E-state index contributed by atoms with van der Waals surface area (Å²) in [6, 6.07) is 35.1. The highest BCUT2D eigenvalue weighted by atomic mass is 15.0. The molecule has 0 spiro atoms. The maximum atomic E-state index is 5.17. The van der Waals surface area contributed by atoms with E-state index in [-0.39, 0.29) is 0 Å². The van der Waals surface area contributed by atoms with Crippen molar-refractivity contribution in [2.45, 2.75) is 0 Å². The lowest BCUT2D eigenvalue weighted by Crippen LogP contribution is -1.94. The molecule has 0 aliphatic carbocycles. The average molecular weight is 527 g/mol. The summed E-state index contributed by atoms with van der Waals surface area (Å²) in [7, 11) is 0. The predicted molar refractivity (Wildman–Crippen MR) is 163 cm³/mol. The molecule has 192 valence electrons. The van der Waals surface area contributed by atoms with Gasteiger partial charge in [-0.25, -0.2) is 15.0 Å². The van der Waals surface area contributed by atoms with E-state index in [0.29, 0.717) is 0 Å². The summed E-state index contributed by atoms with van der Waals surface area (Å²) < 4.78 is 2.13. The maximum absolute atomic E-state index is 5.17. The van der Waals surface area contributed by atoms with Crippen molar-refractivity contribution in [2.24, 2.45) is 0 Å². The number of rotatable bonds is 4. The van der Waals surface area contributed by atoms with Crippen LogP contribution in [0.2, 0.25) is 0 Å². The first kappa shape index (κ1) is 23.2. The van der Waals surface area contributed by atoms with E-state index in [2.05, 4.69) is 69.1 Å². The molecule has 0 aliphatic rings. The van der Waals surface area contributed by atoms with Crippen LogP contribution in [0, 0.1) is 0 Å².